The van der Waals surface area contributed by atoms with Crippen molar-refractivity contribution in [3.8, 4) is 0 Å². The average Bonchev–Trinajstić information content (AvgIpc) is 3.18. The van der Waals surface area contributed by atoms with E-state index in [4.69, 9.17) is 4.98 Å². The van der Waals surface area contributed by atoms with Crippen LogP contribution in [0.5, 0.6) is 0 Å². The van der Waals surface area contributed by atoms with E-state index in [1.54, 1.807) is 0 Å². The Morgan fingerprint density at radius 2 is 1.97 bits per heavy atom. The smallest absolute Gasteiger partial charge is 0.257 e. The van der Waals surface area contributed by atoms with E-state index in [-0.39, 0.29) is 5.91 Å². The van der Waals surface area contributed by atoms with Crippen LogP contribution in [-0.4, -0.2) is 39.2 Å². The molecule has 0 aliphatic carbocycles. The summed E-state index contributed by atoms with van der Waals surface area (Å²) in [7, 11) is 2.08. The topological polar surface area (TPSA) is 63.1 Å². The van der Waals surface area contributed by atoms with Gasteiger partial charge in [-0.05, 0) is 49.9 Å². The largest absolute Gasteiger partial charge is 0.305 e. The molecule has 33 heavy (non-hydrogen) atoms. The molecule has 0 atom stereocenters. The Bertz CT molecular complexity index is 1390. The van der Waals surface area contributed by atoms with Crippen molar-refractivity contribution < 1.29 is 4.79 Å². The number of carbonyl (C=O) groups is 1. The second kappa shape index (κ2) is 8.92. The van der Waals surface area contributed by atoms with E-state index in [0.29, 0.717) is 11.4 Å². The predicted octanol–water partition coefficient (Wildman–Crippen LogP) is 5.37. The Hall–Kier alpha value is -3.29. The van der Waals surface area contributed by atoms with Crippen molar-refractivity contribution >= 4 is 50.7 Å². The third-order valence-electron chi connectivity index (χ3n) is 5.75. The van der Waals surface area contributed by atoms with Crippen molar-refractivity contribution in [3.05, 3.63) is 87.1 Å². The first-order valence-electron chi connectivity index (χ1n) is 10.9. The molecule has 7 heteroatoms. The lowest BCUT2D eigenvalue weighted by molar-refractivity contribution is 0.102. The first kappa shape index (κ1) is 21.6. The molecule has 6 nitrogen and oxygen atoms in total. The monoisotopic (exact) mass is 501 g/mol. The van der Waals surface area contributed by atoms with Gasteiger partial charge in [-0.1, -0.05) is 51.8 Å². The molecular weight excluding hydrogens is 478 g/mol. The van der Waals surface area contributed by atoms with Crippen molar-refractivity contribution in [1.29, 1.82) is 0 Å². The number of benzene rings is 2. The minimum atomic E-state index is -0.200. The normalized spacial score (nSPS) is 14.0. The highest BCUT2D eigenvalue weighted by Crippen LogP contribution is 2.25. The van der Waals surface area contributed by atoms with E-state index in [1.165, 1.54) is 5.56 Å². The number of amides is 1. The molecule has 0 spiro atoms. The molecule has 0 saturated carbocycles. The van der Waals surface area contributed by atoms with Gasteiger partial charge < -0.3 is 5.32 Å². The lowest BCUT2D eigenvalue weighted by Gasteiger charge is -2.22. The zero-order valence-electron chi connectivity index (χ0n) is 18.5. The van der Waals surface area contributed by atoms with E-state index in [9.17, 15) is 4.79 Å². The Kier molecular flexibility index (Phi) is 5.83. The quantitative estimate of drug-likeness (QED) is 0.408. The van der Waals surface area contributed by atoms with E-state index >= 15 is 0 Å². The summed E-state index contributed by atoms with van der Waals surface area (Å²) in [5.41, 5.74) is 5.44. The molecule has 1 amide bonds. The highest BCUT2D eigenvalue weighted by Gasteiger charge is 2.18. The van der Waals surface area contributed by atoms with Crippen molar-refractivity contribution in [2.75, 3.05) is 18.9 Å². The summed E-state index contributed by atoms with van der Waals surface area (Å²) in [4.78, 5) is 20.3. The Balaban J connectivity index is 1.49. The van der Waals surface area contributed by atoms with Crippen LogP contribution in [0.1, 0.15) is 32.9 Å². The van der Waals surface area contributed by atoms with E-state index in [1.807, 2.05) is 59.3 Å². The summed E-state index contributed by atoms with van der Waals surface area (Å²) in [6.45, 7) is 4.65. The van der Waals surface area contributed by atoms with Crippen LogP contribution < -0.4 is 5.32 Å². The van der Waals surface area contributed by atoms with E-state index < -0.39 is 0 Å². The highest BCUT2D eigenvalue weighted by molar-refractivity contribution is 9.10. The number of rotatable bonds is 4. The molecule has 1 N–H and O–H groups in total. The molecule has 1 aliphatic heterocycles. The van der Waals surface area contributed by atoms with Gasteiger partial charge in [0.25, 0.3) is 5.91 Å². The fraction of sp³-hybridized carbons (Fsp3) is 0.192. The van der Waals surface area contributed by atoms with Crippen LogP contribution in [0.2, 0.25) is 0 Å². The van der Waals surface area contributed by atoms with Gasteiger partial charge in [-0.15, -0.1) is 0 Å². The maximum atomic E-state index is 13.3. The second-order valence-corrected chi connectivity index (χ2v) is 9.36. The van der Waals surface area contributed by atoms with Gasteiger partial charge in [0.15, 0.2) is 5.82 Å². The second-order valence-electron chi connectivity index (χ2n) is 8.44. The Morgan fingerprint density at radius 1 is 1.09 bits per heavy atom. The van der Waals surface area contributed by atoms with Crippen LogP contribution in [0.3, 0.4) is 0 Å². The number of hydrogen-bond donors (Lipinski definition) is 1. The molecule has 2 aromatic carbocycles. The standard InChI is InChI=1S/C26H24BrN5O/c1-17-4-3-5-18(12-17)6-8-20-14-23(22-13-19(27)7-9-24(22)28-20)26(33)29-25-15-21-16-31(2)10-11-32(21)30-25/h3-9,12-15H,10-11,16H2,1-2H3,(H,29,30,33)/b8-6+. The first-order valence-corrected chi connectivity index (χ1v) is 11.7. The third-order valence-corrected chi connectivity index (χ3v) is 6.25. The Morgan fingerprint density at radius 3 is 2.82 bits per heavy atom. The first-order chi connectivity index (χ1) is 15.9. The molecule has 1 aliphatic rings. The van der Waals surface area contributed by atoms with Crippen molar-refractivity contribution in [1.82, 2.24) is 19.7 Å². The molecule has 5 rings (SSSR count). The van der Waals surface area contributed by atoms with Crippen LogP contribution >= 0.6 is 15.9 Å². The fourth-order valence-electron chi connectivity index (χ4n) is 4.09. The van der Waals surface area contributed by atoms with Gasteiger partial charge in [-0.25, -0.2) is 4.98 Å². The molecule has 0 unspecified atom stereocenters. The number of fused-ring (bicyclic) bond motifs is 2. The summed E-state index contributed by atoms with van der Waals surface area (Å²) < 4.78 is 2.86. The molecule has 0 fully saturated rings. The van der Waals surface area contributed by atoms with Gasteiger partial charge in [0, 0.05) is 29.0 Å². The summed E-state index contributed by atoms with van der Waals surface area (Å²) in [5.74, 6) is 0.372. The number of carbonyl (C=O) groups excluding carboxylic acids is 1. The maximum Gasteiger partial charge on any atom is 0.257 e. The van der Waals surface area contributed by atoms with Gasteiger partial charge in [0.05, 0.1) is 29.0 Å². The summed E-state index contributed by atoms with van der Waals surface area (Å²) in [5, 5.41) is 8.36. The summed E-state index contributed by atoms with van der Waals surface area (Å²) in [6.07, 6.45) is 3.96. The van der Waals surface area contributed by atoms with Crippen LogP contribution in [0.15, 0.2) is 59.1 Å². The molecule has 2 aromatic heterocycles. The molecule has 0 radical (unpaired) electrons. The summed E-state index contributed by atoms with van der Waals surface area (Å²) >= 11 is 3.52. The van der Waals surface area contributed by atoms with Gasteiger partial charge in [0.2, 0.25) is 0 Å². The molecule has 0 saturated heterocycles. The number of aryl methyl sites for hydroxylation is 1. The number of pyridine rings is 1. The molecule has 166 valence electrons. The van der Waals surface area contributed by atoms with Crippen LogP contribution in [-0.2, 0) is 13.1 Å². The van der Waals surface area contributed by atoms with Crippen LogP contribution in [0.4, 0.5) is 5.82 Å². The van der Waals surface area contributed by atoms with Crippen molar-refractivity contribution in [2.24, 2.45) is 0 Å². The number of nitrogens with one attached hydrogen (secondary N) is 1. The number of anilines is 1. The van der Waals surface area contributed by atoms with Crippen LogP contribution in [0, 0.1) is 6.92 Å². The SMILES string of the molecule is Cc1cccc(/C=C/c2cc(C(=O)Nc3cc4n(n3)CCN(C)C4)c3cc(Br)ccc3n2)c1. The fourth-order valence-corrected chi connectivity index (χ4v) is 4.45. The van der Waals surface area contributed by atoms with E-state index in [2.05, 4.69) is 57.3 Å². The average molecular weight is 502 g/mol. The number of nitrogens with zero attached hydrogens (tertiary/aromatic N) is 4. The van der Waals surface area contributed by atoms with Gasteiger partial charge >= 0.3 is 0 Å². The van der Waals surface area contributed by atoms with Gasteiger partial charge in [-0.3, -0.25) is 14.4 Å². The third kappa shape index (κ3) is 4.74. The molecule has 0 bridgehead atoms. The van der Waals surface area contributed by atoms with E-state index in [0.717, 1.165) is 52.0 Å². The number of aromatic nitrogens is 3. The van der Waals surface area contributed by atoms with Crippen molar-refractivity contribution in [3.63, 3.8) is 0 Å². The summed E-state index contributed by atoms with van der Waals surface area (Å²) in [6, 6.07) is 17.8. The zero-order valence-corrected chi connectivity index (χ0v) is 20.1. The maximum absolute atomic E-state index is 13.3. The Labute approximate surface area is 201 Å². The number of likely N-dealkylation sites (N-methyl/N-ethyl adjacent to an activating group) is 1. The lowest BCUT2D eigenvalue weighted by atomic mass is 10.1. The number of hydrogen-bond acceptors (Lipinski definition) is 4. The lowest BCUT2D eigenvalue weighted by Crippen LogP contribution is -2.30. The molecule has 4 aromatic rings. The number of halogens is 1. The highest BCUT2D eigenvalue weighted by atomic mass is 79.9. The minimum absolute atomic E-state index is 0.200. The van der Waals surface area contributed by atoms with Gasteiger partial charge in [0.1, 0.15) is 0 Å². The minimum Gasteiger partial charge on any atom is -0.305 e. The van der Waals surface area contributed by atoms with Crippen molar-refractivity contribution in [2.45, 2.75) is 20.0 Å². The molecular formula is C26H24BrN5O. The molecule has 3 heterocycles. The van der Waals surface area contributed by atoms with Gasteiger partial charge in [-0.2, -0.15) is 5.10 Å². The predicted molar refractivity (Wildman–Crippen MR) is 136 cm³/mol. The van der Waals surface area contributed by atoms with Crippen LogP contribution in [0.25, 0.3) is 23.1 Å². The zero-order chi connectivity index (χ0) is 22.9.